The average Bonchev–Trinajstić information content (AvgIpc) is 3.29. The molecule has 5 rings (SSSR count). The lowest BCUT2D eigenvalue weighted by atomic mass is 10.0. The summed E-state index contributed by atoms with van der Waals surface area (Å²) in [4.78, 5) is 23.2. The summed E-state index contributed by atoms with van der Waals surface area (Å²) >= 11 is 0. The number of ether oxygens (including phenoxy) is 1. The van der Waals surface area contributed by atoms with E-state index in [1.54, 1.807) is 6.33 Å². The number of fused-ring (bicyclic) bond motifs is 1. The summed E-state index contributed by atoms with van der Waals surface area (Å²) in [6.07, 6.45) is 6.16. The highest BCUT2D eigenvalue weighted by Gasteiger charge is 2.25. The molecule has 1 aliphatic rings. The van der Waals surface area contributed by atoms with E-state index in [2.05, 4.69) is 32.9 Å². The van der Waals surface area contributed by atoms with E-state index in [0.29, 0.717) is 12.5 Å². The Labute approximate surface area is 187 Å². The number of hydrogen-bond acceptors (Lipinski definition) is 4. The fourth-order valence-corrected chi connectivity index (χ4v) is 4.46. The summed E-state index contributed by atoms with van der Waals surface area (Å²) in [6, 6.07) is 20.2. The van der Waals surface area contributed by atoms with Crippen molar-refractivity contribution in [2.45, 2.75) is 32.2 Å². The number of nitrogens with zero attached hydrogens (tertiary/aromatic N) is 4. The van der Waals surface area contributed by atoms with Crippen molar-refractivity contribution in [1.82, 2.24) is 19.4 Å². The van der Waals surface area contributed by atoms with Gasteiger partial charge in [-0.25, -0.2) is 9.97 Å². The molecule has 1 fully saturated rings. The molecule has 6 nitrogen and oxygen atoms in total. The van der Waals surface area contributed by atoms with Crippen LogP contribution in [0.4, 0.5) is 0 Å². The fraction of sp³-hybridized carbons (Fsp3) is 0.269. The zero-order valence-corrected chi connectivity index (χ0v) is 18.1. The maximum atomic E-state index is 12.1. The monoisotopic (exact) mass is 426 g/mol. The van der Waals surface area contributed by atoms with Gasteiger partial charge in [0.25, 0.3) is 0 Å². The van der Waals surface area contributed by atoms with E-state index in [9.17, 15) is 4.79 Å². The van der Waals surface area contributed by atoms with Gasteiger partial charge in [-0.15, -0.1) is 0 Å². The van der Waals surface area contributed by atoms with E-state index in [0.717, 1.165) is 59.7 Å². The third-order valence-corrected chi connectivity index (χ3v) is 6.10. The standard InChI is InChI=1S/C26H26N4O2/c1-2-24(31)29-14-11-20(12-15-29)30-16-13-23-26(30)25(28-18-27-23)19-7-6-10-22(17-19)32-21-8-4-3-5-9-21/h3-10,13,16-18,20H,2,11-12,14-15H2,1H3. The molecule has 0 bridgehead atoms. The van der Waals surface area contributed by atoms with Crippen molar-refractivity contribution in [3.05, 3.63) is 73.2 Å². The van der Waals surface area contributed by atoms with Crippen LogP contribution in [0.1, 0.15) is 32.2 Å². The third-order valence-electron chi connectivity index (χ3n) is 6.10. The van der Waals surface area contributed by atoms with Crippen molar-refractivity contribution >= 4 is 16.9 Å². The lowest BCUT2D eigenvalue weighted by molar-refractivity contribution is -0.132. The molecule has 1 aliphatic heterocycles. The minimum atomic E-state index is 0.236. The summed E-state index contributed by atoms with van der Waals surface area (Å²) in [5.74, 6) is 1.80. The quantitative estimate of drug-likeness (QED) is 0.425. The Bertz CT molecular complexity index is 1230. The molecule has 1 saturated heterocycles. The number of piperidine rings is 1. The van der Waals surface area contributed by atoms with Gasteiger partial charge in [0.1, 0.15) is 17.8 Å². The van der Waals surface area contributed by atoms with Crippen LogP contribution in [-0.2, 0) is 4.79 Å². The van der Waals surface area contributed by atoms with E-state index in [-0.39, 0.29) is 5.91 Å². The highest BCUT2D eigenvalue weighted by atomic mass is 16.5. The number of likely N-dealkylation sites (tertiary alicyclic amines) is 1. The van der Waals surface area contributed by atoms with E-state index in [1.807, 2.05) is 60.4 Å². The summed E-state index contributed by atoms with van der Waals surface area (Å²) in [7, 11) is 0. The van der Waals surface area contributed by atoms with Gasteiger partial charge in [0, 0.05) is 37.3 Å². The van der Waals surface area contributed by atoms with Gasteiger partial charge in [0.05, 0.1) is 16.7 Å². The second kappa shape index (κ2) is 8.83. The molecule has 162 valence electrons. The Hall–Kier alpha value is -3.67. The number of para-hydroxylation sites is 1. The van der Waals surface area contributed by atoms with Crippen LogP contribution in [0, 0.1) is 0 Å². The van der Waals surface area contributed by atoms with Gasteiger partial charge in [0.15, 0.2) is 0 Å². The van der Waals surface area contributed by atoms with E-state index >= 15 is 0 Å². The first kappa shape index (κ1) is 20.2. The largest absolute Gasteiger partial charge is 0.457 e. The zero-order chi connectivity index (χ0) is 21.9. The molecule has 4 aromatic rings. The average molecular weight is 427 g/mol. The van der Waals surface area contributed by atoms with Crippen LogP contribution in [0.5, 0.6) is 11.5 Å². The molecule has 0 spiro atoms. The molecule has 0 aliphatic carbocycles. The Morgan fingerprint density at radius 1 is 1.00 bits per heavy atom. The predicted molar refractivity (Wildman–Crippen MR) is 125 cm³/mol. The van der Waals surface area contributed by atoms with Crippen LogP contribution in [0.25, 0.3) is 22.3 Å². The Morgan fingerprint density at radius 2 is 1.78 bits per heavy atom. The molecule has 6 heteroatoms. The molecular weight excluding hydrogens is 400 g/mol. The van der Waals surface area contributed by atoms with Gasteiger partial charge in [-0.1, -0.05) is 37.3 Å². The molecule has 0 N–H and O–H groups in total. The minimum absolute atomic E-state index is 0.236. The maximum Gasteiger partial charge on any atom is 0.222 e. The van der Waals surface area contributed by atoms with Crippen LogP contribution in [0.3, 0.4) is 0 Å². The number of rotatable bonds is 5. The van der Waals surface area contributed by atoms with Crippen molar-refractivity contribution in [2.24, 2.45) is 0 Å². The van der Waals surface area contributed by atoms with Crippen LogP contribution >= 0.6 is 0 Å². The summed E-state index contributed by atoms with van der Waals surface area (Å²) < 4.78 is 8.33. The van der Waals surface area contributed by atoms with E-state index in [1.165, 1.54) is 0 Å². The van der Waals surface area contributed by atoms with Gasteiger partial charge in [-0.05, 0) is 43.2 Å². The molecule has 0 saturated carbocycles. The normalized spacial score (nSPS) is 14.6. The van der Waals surface area contributed by atoms with Gasteiger partial charge in [-0.2, -0.15) is 0 Å². The Balaban J connectivity index is 1.46. The summed E-state index contributed by atoms with van der Waals surface area (Å²) in [6.45, 7) is 3.51. The molecule has 2 aromatic heterocycles. The minimum Gasteiger partial charge on any atom is -0.457 e. The Morgan fingerprint density at radius 3 is 2.56 bits per heavy atom. The molecular formula is C26H26N4O2. The summed E-state index contributed by atoms with van der Waals surface area (Å²) in [5, 5.41) is 0. The highest BCUT2D eigenvalue weighted by Crippen LogP contribution is 2.34. The topological polar surface area (TPSA) is 60.2 Å². The van der Waals surface area contributed by atoms with Crippen molar-refractivity contribution in [1.29, 1.82) is 0 Å². The van der Waals surface area contributed by atoms with Crippen molar-refractivity contribution in [3.8, 4) is 22.8 Å². The van der Waals surface area contributed by atoms with Gasteiger partial charge in [0.2, 0.25) is 5.91 Å². The van der Waals surface area contributed by atoms with Crippen molar-refractivity contribution in [3.63, 3.8) is 0 Å². The second-order valence-electron chi connectivity index (χ2n) is 8.09. The van der Waals surface area contributed by atoms with Crippen LogP contribution < -0.4 is 4.74 Å². The van der Waals surface area contributed by atoms with Crippen molar-refractivity contribution < 1.29 is 9.53 Å². The molecule has 32 heavy (non-hydrogen) atoms. The SMILES string of the molecule is CCC(=O)N1CCC(n2ccc3ncnc(-c4cccc(Oc5ccccc5)c4)c32)CC1. The first-order valence-corrected chi connectivity index (χ1v) is 11.2. The summed E-state index contributed by atoms with van der Waals surface area (Å²) in [5.41, 5.74) is 3.84. The predicted octanol–water partition coefficient (Wildman–Crippen LogP) is 5.46. The second-order valence-corrected chi connectivity index (χ2v) is 8.09. The lowest BCUT2D eigenvalue weighted by Crippen LogP contribution is -2.38. The van der Waals surface area contributed by atoms with Gasteiger partial charge >= 0.3 is 0 Å². The van der Waals surface area contributed by atoms with E-state index in [4.69, 9.17) is 4.74 Å². The molecule has 3 heterocycles. The van der Waals surface area contributed by atoms with Gasteiger partial charge < -0.3 is 14.2 Å². The molecule has 2 aromatic carbocycles. The fourth-order valence-electron chi connectivity index (χ4n) is 4.46. The molecule has 0 atom stereocenters. The highest BCUT2D eigenvalue weighted by molar-refractivity contribution is 5.90. The molecule has 1 amide bonds. The number of carbonyl (C=O) groups excluding carboxylic acids is 1. The molecule has 0 radical (unpaired) electrons. The van der Waals surface area contributed by atoms with Gasteiger partial charge in [-0.3, -0.25) is 4.79 Å². The van der Waals surface area contributed by atoms with Crippen LogP contribution in [0.15, 0.2) is 73.2 Å². The smallest absolute Gasteiger partial charge is 0.222 e. The number of amides is 1. The first-order chi connectivity index (χ1) is 15.7. The maximum absolute atomic E-state index is 12.1. The van der Waals surface area contributed by atoms with Crippen LogP contribution in [0.2, 0.25) is 0 Å². The Kier molecular flexibility index (Phi) is 5.58. The van der Waals surface area contributed by atoms with Crippen LogP contribution in [-0.4, -0.2) is 38.4 Å². The van der Waals surface area contributed by atoms with Crippen molar-refractivity contribution in [2.75, 3.05) is 13.1 Å². The first-order valence-electron chi connectivity index (χ1n) is 11.2. The number of aromatic nitrogens is 3. The lowest BCUT2D eigenvalue weighted by Gasteiger charge is -2.33. The van der Waals surface area contributed by atoms with E-state index < -0.39 is 0 Å². The zero-order valence-electron chi connectivity index (χ0n) is 18.1. The third kappa shape index (κ3) is 3.96. The number of carbonyl (C=O) groups is 1. The number of hydrogen-bond donors (Lipinski definition) is 0. The molecule has 0 unspecified atom stereocenters. The number of benzene rings is 2.